The molecule has 0 atom stereocenters. The van der Waals surface area contributed by atoms with Gasteiger partial charge in [-0.15, -0.1) is 12.3 Å². The van der Waals surface area contributed by atoms with E-state index in [2.05, 4.69) is 16.2 Å². The van der Waals surface area contributed by atoms with E-state index in [0.29, 0.717) is 18.8 Å². The number of hydrogen-bond donors (Lipinski definition) is 1. The summed E-state index contributed by atoms with van der Waals surface area (Å²) in [6, 6.07) is 0. The molecule has 0 aliphatic heterocycles. The smallest absolute Gasteiger partial charge is 0.364 e. The molecule has 1 heterocycles. The van der Waals surface area contributed by atoms with Gasteiger partial charge in [0.1, 0.15) is 0 Å². The lowest BCUT2D eigenvalue weighted by Crippen LogP contribution is -2.07. The summed E-state index contributed by atoms with van der Waals surface area (Å²) in [7, 11) is 1.70. The Morgan fingerprint density at radius 3 is 3.13 bits per heavy atom. The zero-order valence-electron chi connectivity index (χ0n) is 8.43. The second-order valence-electron chi connectivity index (χ2n) is 3.02. The maximum Gasteiger partial charge on any atom is 0.406 e. The van der Waals surface area contributed by atoms with E-state index in [1.807, 2.05) is 0 Å². The van der Waals surface area contributed by atoms with Gasteiger partial charge in [-0.2, -0.15) is 0 Å². The number of anilines is 1. The van der Waals surface area contributed by atoms with Gasteiger partial charge < -0.3 is 15.4 Å². The maximum absolute atomic E-state index is 10.6. The number of imidazole rings is 1. The molecule has 6 heteroatoms. The molecule has 1 rings (SSSR count). The van der Waals surface area contributed by atoms with E-state index in [4.69, 9.17) is 6.42 Å². The van der Waals surface area contributed by atoms with Crippen molar-refractivity contribution >= 4 is 11.6 Å². The molecule has 0 fully saturated rings. The van der Waals surface area contributed by atoms with Gasteiger partial charge in [0.05, 0.1) is 0 Å². The van der Waals surface area contributed by atoms with Crippen LogP contribution in [0.5, 0.6) is 0 Å². The fourth-order valence-electron chi connectivity index (χ4n) is 1.15. The number of nitro groups is 1. The molecule has 0 spiro atoms. The minimum absolute atomic E-state index is 0.154. The largest absolute Gasteiger partial charge is 0.406 e. The third-order valence-electron chi connectivity index (χ3n) is 1.88. The summed E-state index contributed by atoms with van der Waals surface area (Å²) in [4.78, 5) is 13.7. The Bertz CT molecular complexity index is 391. The van der Waals surface area contributed by atoms with E-state index < -0.39 is 4.92 Å². The van der Waals surface area contributed by atoms with Crippen molar-refractivity contribution in [1.82, 2.24) is 9.55 Å². The molecule has 0 aromatic carbocycles. The zero-order valence-corrected chi connectivity index (χ0v) is 8.43. The van der Waals surface area contributed by atoms with Crippen LogP contribution in [0.15, 0.2) is 6.33 Å². The van der Waals surface area contributed by atoms with E-state index in [0.717, 1.165) is 6.42 Å². The molecular weight excluding hydrogens is 196 g/mol. The van der Waals surface area contributed by atoms with E-state index in [1.54, 1.807) is 11.6 Å². The van der Waals surface area contributed by atoms with Crippen molar-refractivity contribution in [2.45, 2.75) is 12.8 Å². The quantitative estimate of drug-likeness (QED) is 0.341. The topological polar surface area (TPSA) is 73.0 Å². The van der Waals surface area contributed by atoms with Crippen LogP contribution in [0.2, 0.25) is 0 Å². The van der Waals surface area contributed by atoms with Crippen molar-refractivity contribution in [3.63, 3.8) is 0 Å². The van der Waals surface area contributed by atoms with E-state index >= 15 is 0 Å². The fraction of sp³-hybridized carbons (Fsp3) is 0.444. The first-order chi connectivity index (χ1) is 7.16. The SMILES string of the molecule is C#CCCCNc1c([N+](=O)[O-])ncn1C. The molecule has 6 nitrogen and oxygen atoms in total. The van der Waals surface area contributed by atoms with Crippen LogP contribution in [0.25, 0.3) is 0 Å². The molecule has 0 aliphatic rings. The number of terminal acetylenes is 1. The van der Waals surface area contributed by atoms with E-state index in [-0.39, 0.29) is 5.82 Å². The van der Waals surface area contributed by atoms with Crippen molar-refractivity contribution in [3.8, 4) is 12.3 Å². The molecule has 15 heavy (non-hydrogen) atoms. The molecule has 0 bridgehead atoms. The van der Waals surface area contributed by atoms with Gasteiger partial charge in [0.15, 0.2) is 0 Å². The van der Waals surface area contributed by atoms with Crippen molar-refractivity contribution in [2.75, 3.05) is 11.9 Å². The number of aromatic nitrogens is 2. The minimum atomic E-state index is -0.510. The predicted molar refractivity (Wildman–Crippen MR) is 56.4 cm³/mol. The van der Waals surface area contributed by atoms with E-state index in [1.165, 1.54) is 6.33 Å². The van der Waals surface area contributed by atoms with Crippen molar-refractivity contribution in [3.05, 3.63) is 16.4 Å². The molecule has 1 aromatic rings. The van der Waals surface area contributed by atoms with Gasteiger partial charge in [-0.25, -0.2) is 0 Å². The van der Waals surface area contributed by atoms with Crippen LogP contribution in [0.1, 0.15) is 12.8 Å². The average molecular weight is 208 g/mol. The summed E-state index contributed by atoms with van der Waals surface area (Å²) in [5.74, 6) is 2.76. The van der Waals surface area contributed by atoms with Crippen LogP contribution < -0.4 is 5.32 Å². The number of aryl methyl sites for hydroxylation is 1. The van der Waals surface area contributed by atoms with Crippen LogP contribution in [-0.2, 0) is 7.05 Å². The summed E-state index contributed by atoms with van der Waals surface area (Å²) < 4.78 is 1.58. The molecule has 0 aliphatic carbocycles. The normalized spacial score (nSPS) is 9.60. The second-order valence-corrected chi connectivity index (χ2v) is 3.02. The maximum atomic E-state index is 10.6. The Labute approximate surface area is 87.5 Å². The Kier molecular flexibility index (Phi) is 3.68. The van der Waals surface area contributed by atoms with Crippen molar-refractivity contribution in [1.29, 1.82) is 0 Å². The molecular formula is C9H12N4O2. The monoisotopic (exact) mass is 208 g/mol. The lowest BCUT2D eigenvalue weighted by atomic mass is 10.3. The van der Waals surface area contributed by atoms with Crippen molar-refractivity contribution < 1.29 is 4.92 Å². The highest BCUT2D eigenvalue weighted by molar-refractivity contribution is 5.51. The van der Waals surface area contributed by atoms with Crippen LogP contribution in [0.3, 0.4) is 0 Å². The molecule has 0 saturated heterocycles. The number of unbranched alkanes of at least 4 members (excludes halogenated alkanes) is 1. The highest BCUT2D eigenvalue weighted by atomic mass is 16.6. The van der Waals surface area contributed by atoms with Crippen LogP contribution >= 0.6 is 0 Å². The van der Waals surface area contributed by atoms with Gasteiger partial charge in [0.25, 0.3) is 0 Å². The summed E-state index contributed by atoms with van der Waals surface area (Å²) in [5, 5.41) is 13.5. The lowest BCUT2D eigenvalue weighted by Gasteiger charge is -2.04. The van der Waals surface area contributed by atoms with E-state index in [9.17, 15) is 10.1 Å². The number of nitrogens with one attached hydrogen (secondary N) is 1. The molecule has 0 radical (unpaired) electrons. The highest BCUT2D eigenvalue weighted by Gasteiger charge is 2.18. The first-order valence-electron chi connectivity index (χ1n) is 4.50. The van der Waals surface area contributed by atoms with Gasteiger partial charge in [0, 0.05) is 20.0 Å². The summed E-state index contributed by atoms with van der Waals surface area (Å²) in [6.45, 7) is 0.602. The van der Waals surface area contributed by atoms with Gasteiger partial charge in [-0.1, -0.05) is 0 Å². The fourth-order valence-corrected chi connectivity index (χ4v) is 1.15. The third-order valence-corrected chi connectivity index (χ3v) is 1.88. The van der Waals surface area contributed by atoms with Crippen LogP contribution in [0.4, 0.5) is 11.6 Å². The Hall–Kier alpha value is -2.03. The van der Waals surface area contributed by atoms with Gasteiger partial charge in [-0.3, -0.25) is 4.57 Å². The summed E-state index contributed by atoms with van der Waals surface area (Å²) in [5.41, 5.74) is 0. The number of hydrogen-bond acceptors (Lipinski definition) is 4. The van der Waals surface area contributed by atoms with Crippen LogP contribution in [-0.4, -0.2) is 21.0 Å². The Balaban J connectivity index is 2.63. The van der Waals surface area contributed by atoms with Crippen molar-refractivity contribution in [2.24, 2.45) is 7.05 Å². The van der Waals surface area contributed by atoms with Crippen LogP contribution in [0, 0.1) is 22.5 Å². The average Bonchev–Trinajstić information content (AvgIpc) is 2.55. The number of rotatable bonds is 5. The molecule has 80 valence electrons. The second kappa shape index (κ2) is 5.00. The summed E-state index contributed by atoms with van der Waals surface area (Å²) >= 11 is 0. The van der Waals surface area contributed by atoms with Gasteiger partial charge >= 0.3 is 5.82 Å². The molecule has 1 aromatic heterocycles. The summed E-state index contributed by atoms with van der Waals surface area (Å²) in [6.07, 6.45) is 7.92. The number of nitrogens with zero attached hydrogens (tertiary/aromatic N) is 3. The standard InChI is InChI=1S/C9H12N4O2/c1-3-4-5-6-10-8-9(13(14)15)11-7-12(8)2/h1,7,10H,4-6H2,2H3. The first kappa shape index (κ1) is 11.0. The molecule has 0 saturated carbocycles. The minimum Gasteiger partial charge on any atom is -0.364 e. The molecule has 1 N–H and O–H groups in total. The Morgan fingerprint density at radius 2 is 2.53 bits per heavy atom. The Morgan fingerprint density at radius 1 is 1.80 bits per heavy atom. The lowest BCUT2D eigenvalue weighted by molar-refractivity contribution is -0.388. The highest BCUT2D eigenvalue weighted by Crippen LogP contribution is 2.20. The molecule has 0 amide bonds. The molecule has 0 unspecified atom stereocenters. The van der Waals surface area contributed by atoms with Gasteiger partial charge in [0.2, 0.25) is 12.1 Å². The van der Waals surface area contributed by atoms with Gasteiger partial charge in [-0.05, 0) is 16.3 Å². The zero-order chi connectivity index (χ0) is 11.3. The third kappa shape index (κ3) is 2.71. The predicted octanol–water partition coefficient (Wildman–Crippen LogP) is 1.15. The first-order valence-corrected chi connectivity index (χ1v) is 4.50.